The molecule has 1 saturated carbocycles. The van der Waals surface area contributed by atoms with E-state index in [1.165, 1.54) is 30.3 Å². The molecule has 174 valence electrons. The number of nitrogens with zero attached hydrogens (tertiary/aromatic N) is 4. The molecule has 1 fully saturated rings. The van der Waals surface area contributed by atoms with Crippen LogP contribution in [0.5, 0.6) is 0 Å². The molecule has 1 aromatic heterocycles. The van der Waals surface area contributed by atoms with Crippen LogP contribution in [0.2, 0.25) is 0 Å². The van der Waals surface area contributed by atoms with Crippen molar-refractivity contribution in [3.63, 3.8) is 0 Å². The smallest absolute Gasteiger partial charge is 0.159 e. The Hall–Kier alpha value is -2.37. The maximum Gasteiger partial charge on any atom is 0.159 e. The molecule has 0 saturated heterocycles. The SMILES string of the molecule is CC(=CCN1CN(C)c2ncnc(N)c21)CC[C@]1(C)[C@@H](C)CC[C@@]2(C)C(C)=CC(=O)C[C@@H]12. The predicted octanol–water partition coefficient (Wildman–Crippen LogP) is 4.98. The van der Waals surface area contributed by atoms with E-state index in [-0.39, 0.29) is 10.8 Å². The van der Waals surface area contributed by atoms with Gasteiger partial charge in [0.15, 0.2) is 17.4 Å². The summed E-state index contributed by atoms with van der Waals surface area (Å²) in [4.78, 5) is 25.4. The Labute approximate surface area is 193 Å². The van der Waals surface area contributed by atoms with Gasteiger partial charge in [0, 0.05) is 20.0 Å². The minimum atomic E-state index is 0.161. The van der Waals surface area contributed by atoms with Crippen LogP contribution in [0.25, 0.3) is 0 Å². The average Bonchev–Trinajstić information content (AvgIpc) is 3.07. The number of fused-ring (bicyclic) bond motifs is 2. The van der Waals surface area contributed by atoms with Gasteiger partial charge in [-0.3, -0.25) is 4.79 Å². The van der Waals surface area contributed by atoms with Crippen molar-refractivity contribution in [1.29, 1.82) is 0 Å². The summed E-state index contributed by atoms with van der Waals surface area (Å²) in [5.74, 6) is 2.81. The quantitative estimate of drug-likeness (QED) is 0.655. The summed E-state index contributed by atoms with van der Waals surface area (Å²) in [7, 11) is 2.03. The summed E-state index contributed by atoms with van der Waals surface area (Å²) in [5, 5.41) is 0. The lowest BCUT2D eigenvalue weighted by Gasteiger charge is -2.57. The lowest BCUT2D eigenvalue weighted by atomic mass is 9.47. The summed E-state index contributed by atoms with van der Waals surface area (Å²) < 4.78 is 0. The molecule has 4 rings (SSSR count). The second-order valence-corrected chi connectivity index (χ2v) is 11.0. The van der Waals surface area contributed by atoms with Crippen molar-refractivity contribution in [1.82, 2.24) is 9.97 Å². The molecule has 6 nitrogen and oxygen atoms in total. The number of nitrogen functional groups attached to an aromatic ring is 1. The molecule has 2 heterocycles. The van der Waals surface area contributed by atoms with Crippen LogP contribution >= 0.6 is 0 Å². The van der Waals surface area contributed by atoms with Crippen LogP contribution in [0.3, 0.4) is 0 Å². The highest BCUT2D eigenvalue weighted by Crippen LogP contribution is 2.61. The third kappa shape index (κ3) is 3.71. The van der Waals surface area contributed by atoms with E-state index in [0.29, 0.717) is 29.9 Å². The minimum Gasteiger partial charge on any atom is -0.382 e. The monoisotopic (exact) mass is 437 g/mol. The molecule has 0 radical (unpaired) electrons. The van der Waals surface area contributed by atoms with Crippen molar-refractivity contribution >= 4 is 23.1 Å². The predicted molar refractivity (Wildman–Crippen MR) is 132 cm³/mol. The largest absolute Gasteiger partial charge is 0.382 e. The van der Waals surface area contributed by atoms with Crippen LogP contribution in [0.15, 0.2) is 29.6 Å². The van der Waals surface area contributed by atoms with Gasteiger partial charge < -0.3 is 15.5 Å². The summed E-state index contributed by atoms with van der Waals surface area (Å²) in [6, 6.07) is 0. The molecule has 1 aromatic rings. The first kappa shape index (κ1) is 22.8. The average molecular weight is 438 g/mol. The Balaban J connectivity index is 1.47. The molecule has 2 N–H and O–H groups in total. The van der Waals surface area contributed by atoms with E-state index >= 15 is 0 Å². The topological polar surface area (TPSA) is 75.3 Å². The third-order valence-electron chi connectivity index (χ3n) is 9.08. The molecule has 4 atom stereocenters. The normalized spacial score (nSPS) is 32.6. The Morgan fingerprint density at radius 3 is 2.84 bits per heavy atom. The van der Waals surface area contributed by atoms with Gasteiger partial charge in [0.25, 0.3) is 0 Å². The van der Waals surface area contributed by atoms with Crippen molar-refractivity contribution in [2.24, 2.45) is 22.7 Å². The fourth-order valence-electron chi connectivity index (χ4n) is 6.45. The first-order valence-electron chi connectivity index (χ1n) is 12.0. The zero-order valence-corrected chi connectivity index (χ0v) is 20.6. The minimum absolute atomic E-state index is 0.161. The highest BCUT2D eigenvalue weighted by atomic mass is 16.1. The van der Waals surface area contributed by atoms with Gasteiger partial charge in [-0.25, -0.2) is 9.97 Å². The van der Waals surface area contributed by atoms with Crippen molar-refractivity contribution in [2.75, 3.05) is 35.8 Å². The highest BCUT2D eigenvalue weighted by molar-refractivity contribution is 5.92. The van der Waals surface area contributed by atoms with Crippen molar-refractivity contribution in [3.05, 3.63) is 29.6 Å². The molecule has 3 aliphatic rings. The van der Waals surface area contributed by atoms with Gasteiger partial charge in [0.1, 0.15) is 12.0 Å². The van der Waals surface area contributed by atoms with Crippen LogP contribution in [-0.4, -0.2) is 36.0 Å². The number of allylic oxidation sites excluding steroid dienone is 3. The summed E-state index contributed by atoms with van der Waals surface area (Å²) in [6.45, 7) is 13.2. The molecule has 2 aliphatic carbocycles. The summed E-state index contributed by atoms with van der Waals surface area (Å²) in [5.41, 5.74) is 10.1. The summed E-state index contributed by atoms with van der Waals surface area (Å²) in [6.07, 6.45) is 11.1. The van der Waals surface area contributed by atoms with Gasteiger partial charge in [-0.1, -0.05) is 38.0 Å². The van der Waals surface area contributed by atoms with Crippen molar-refractivity contribution in [2.45, 2.75) is 66.7 Å². The molecular formula is C26H39N5O. The van der Waals surface area contributed by atoms with Crippen LogP contribution in [0, 0.1) is 22.7 Å². The maximum absolute atomic E-state index is 12.5. The van der Waals surface area contributed by atoms with Crippen molar-refractivity contribution < 1.29 is 4.79 Å². The number of rotatable bonds is 5. The standard InChI is InChI=1S/C26H39N5O/c1-17(9-12-31-16-30(6)24-22(31)23(27)28-15-29-24)7-10-25(4)18(2)8-11-26(5)19(3)13-20(32)14-21(25)26/h9,13,15,18,21H,7-8,10-12,14,16H2,1-6H3,(H2,27,28,29)/t18-,21-,25+,26-/m0/s1. The van der Waals surface area contributed by atoms with Gasteiger partial charge in [-0.05, 0) is 68.3 Å². The van der Waals surface area contributed by atoms with E-state index in [4.69, 9.17) is 5.73 Å². The molecular weight excluding hydrogens is 398 g/mol. The van der Waals surface area contributed by atoms with E-state index in [9.17, 15) is 4.79 Å². The number of ketones is 1. The zero-order valence-electron chi connectivity index (χ0n) is 20.6. The van der Waals surface area contributed by atoms with Crippen LogP contribution in [0.1, 0.15) is 66.7 Å². The molecule has 0 spiro atoms. The molecule has 0 bridgehead atoms. The fourth-order valence-corrected chi connectivity index (χ4v) is 6.45. The second kappa shape index (κ2) is 8.20. The Bertz CT molecular complexity index is 969. The number of hydrogen-bond acceptors (Lipinski definition) is 6. The van der Waals surface area contributed by atoms with E-state index in [1.807, 2.05) is 13.1 Å². The highest BCUT2D eigenvalue weighted by Gasteiger charge is 2.54. The number of carbonyl (C=O) groups excluding carboxylic acids is 1. The van der Waals surface area contributed by atoms with Crippen LogP contribution in [0.4, 0.5) is 17.3 Å². The van der Waals surface area contributed by atoms with Gasteiger partial charge in [0.05, 0.1) is 6.67 Å². The molecule has 1 aliphatic heterocycles. The first-order valence-corrected chi connectivity index (χ1v) is 12.0. The Morgan fingerprint density at radius 1 is 1.34 bits per heavy atom. The van der Waals surface area contributed by atoms with Gasteiger partial charge in [-0.2, -0.15) is 0 Å². The van der Waals surface area contributed by atoms with E-state index in [1.54, 1.807) is 0 Å². The zero-order chi connectivity index (χ0) is 23.3. The van der Waals surface area contributed by atoms with E-state index < -0.39 is 0 Å². The molecule has 0 unspecified atom stereocenters. The maximum atomic E-state index is 12.5. The van der Waals surface area contributed by atoms with Gasteiger partial charge in [-0.15, -0.1) is 0 Å². The molecule has 0 aromatic carbocycles. The lowest BCUT2D eigenvalue weighted by Crippen LogP contribution is -2.50. The van der Waals surface area contributed by atoms with E-state index in [0.717, 1.165) is 37.6 Å². The number of aromatic nitrogens is 2. The molecule has 6 heteroatoms. The number of hydrogen-bond donors (Lipinski definition) is 1. The number of nitrogens with two attached hydrogens (primary N) is 1. The second-order valence-electron chi connectivity index (χ2n) is 11.0. The van der Waals surface area contributed by atoms with Gasteiger partial charge >= 0.3 is 0 Å². The molecule has 0 amide bonds. The van der Waals surface area contributed by atoms with Gasteiger partial charge in [0.2, 0.25) is 0 Å². The van der Waals surface area contributed by atoms with Crippen LogP contribution in [-0.2, 0) is 4.79 Å². The summed E-state index contributed by atoms with van der Waals surface area (Å²) >= 11 is 0. The van der Waals surface area contributed by atoms with Crippen molar-refractivity contribution in [3.8, 4) is 0 Å². The third-order valence-corrected chi connectivity index (χ3v) is 9.08. The fraction of sp³-hybridized carbons (Fsp3) is 0.654. The Kier molecular flexibility index (Phi) is 5.84. The Morgan fingerprint density at radius 2 is 2.09 bits per heavy atom. The van der Waals surface area contributed by atoms with E-state index in [2.05, 4.69) is 60.5 Å². The van der Waals surface area contributed by atoms with Crippen LogP contribution < -0.4 is 15.5 Å². The lowest BCUT2D eigenvalue weighted by molar-refractivity contribution is -0.123. The first-order chi connectivity index (χ1) is 15.1. The number of anilines is 3. The number of carbonyl (C=O) groups is 1. The molecule has 32 heavy (non-hydrogen) atoms.